The van der Waals surface area contributed by atoms with E-state index in [0.29, 0.717) is 10.0 Å². The lowest BCUT2D eigenvalue weighted by Crippen LogP contribution is -2.24. The maximum Gasteiger partial charge on any atom is 0.344 e. The van der Waals surface area contributed by atoms with Crippen LogP contribution in [-0.2, 0) is 9.53 Å². The van der Waals surface area contributed by atoms with Crippen molar-refractivity contribution in [3.63, 3.8) is 0 Å². The number of thiocarbonyl (C=S) groups is 1. The first-order valence-corrected chi connectivity index (χ1v) is 7.00. The summed E-state index contributed by atoms with van der Waals surface area (Å²) in [6.45, 7) is 1.48. The third-order valence-electron chi connectivity index (χ3n) is 2.06. The molecule has 1 aromatic carbocycles. The van der Waals surface area contributed by atoms with Gasteiger partial charge in [-0.1, -0.05) is 15.9 Å². The maximum atomic E-state index is 13.9. The summed E-state index contributed by atoms with van der Waals surface area (Å²) < 4.78 is 24.2. The number of nitrogens with zero attached hydrogens (tertiary/aromatic N) is 1. The van der Waals surface area contributed by atoms with Gasteiger partial charge in [0.2, 0.25) is 0 Å². The van der Waals surface area contributed by atoms with Crippen molar-refractivity contribution in [1.29, 1.82) is 0 Å². The fourth-order valence-electron chi connectivity index (χ4n) is 1.33. The number of hydrazone groups is 1. The van der Waals surface area contributed by atoms with Crippen LogP contribution >= 0.6 is 28.1 Å². The Morgan fingerprint density at radius 3 is 2.95 bits per heavy atom. The van der Waals surface area contributed by atoms with Crippen LogP contribution < -0.4 is 15.9 Å². The lowest BCUT2D eigenvalue weighted by Gasteiger charge is -2.10. The molecule has 0 amide bonds. The molecular weight excluding hydrogens is 365 g/mol. The van der Waals surface area contributed by atoms with E-state index in [0.717, 1.165) is 0 Å². The maximum absolute atomic E-state index is 13.9. The van der Waals surface area contributed by atoms with Crippen LogP contribution in [0.15, 0.2) is 21.7 Å². The molecule has 0 aliphatic carbocycles. The summed E-state index contributed by atoms with van der Waals surface area (Å²) in [6.07, 6.45) is 1.27. The molecule has 0 aliphatic heterocycles. The smallest absolute Gasteiger partial charge is 0.344 e. The summed E-state index contributed by atoms with van der Waals surface area (Å²) in [6, 6.07) is 2.77. The first-order valence-electron chi connectivity index (χ1n) is 5.80. The van der Waals surface area contributed by atoms with E-state index < -0.39 is 18.4 Å². The molecule has 0 saturated carbocycles. The van der Waals surface area contributed by atoms with Crippen molar-refractivity contribution >= 4 is 45.4 Å². The average Bonchev–Trinajstić information content (AvgIpc) is 2.37. The number of rotatable bonds is 6. The highest BCUT2D eigenvalue weighted by atomic mass is 79.9. The summed E-state index contributed by atoms with van der Waals surface area (Å²) in [5.41, 5.74) is 7.86. The van der Waals surface area contributed by atoms with Gasteiger partial charge in [0, 0.05) is 10.0 Å². The Morgan fingerprint density at radius 1 is 1.62 bits per heavy atom. The van der Waals surface area contributed by atoms with Crippen molar-refractivity contribution in [2.24, 2.45) is 10.8 Å². The van der Waals surface area contributed by atoms with E-state index in [1.807, 2.05) is 0 Å². The molecule has 0 fully saturated rings. The molecule has 1 rings (SSSR count). The standard InChI is InChI=1S/C12H13BrFN3O3S/c1-2-19-10(18)6-20-11-7(5-16-17-12(15)21)3-8(13)4-9(11)14/h3-5H,2,6H2,1H3,(H3,15,17,21). The summed E-state index contributed by atoms with van der Waals surface area (Å²) in [7, 11) is 0. The van der Waals surface area contributed by atoms with Gasteiger partial charge in [-0.05, 0) is 31.3 Å². The first-order chi connectivity index (χ1) is 9.93. The second-order valence-electron chi connectivity index (χ2n) is 3.63. The van der Waals surface area contributed by atoms with Crippen molar-refractivity contribution in [2.45, 2.75) is 6.92 Å². The molecule has 3 N–H and O–H groups in total. The number of benzene rings is 1. The number of nitrogens with two attached hydrogens (primary N) is 1. The van der Waals surface area contributed by atoms with Crippen LogP contribution in [0.1, 0.15) is 12.5 Å². The van der Waals surface area contributed by atoms with Crippen LogP contribution in [0.3, 0.4) is 0 Å². The lowest BCUT2D eigenvalue weighted by molar-refractivity contribution is -0.145. The molecule has 0 atom stereocenters. The summed E-state index contributed by atoms with van der Waals surface area (Å²) in [5.74, 6) is -1.37. The van der Waals surface area contributed by atoms with Gasteiger partial charge in [0.25, 0.3) is 0 Å². The molecule has 0 bridgehead atoms. The van der Waals surface area contributed by atoms with Crippen LogP contribution in [0, 0.1) is 5.82 Å². The van der Waals surface area contributed by atoms with Crippen molar-refractivity contribution in [3.8, 4) is 5.75 Å². The molecule has 1 aromatic rings. The molecule has 114 valence electrons. The molecule has 21 heavy (non-hydrogen) atoms. The van der Waals surface area contributed by atoms with Crippen LogP contribution in [-0.4, -0.2) is 30.5 Å². The Kier molecular flexibility index (Phi) is 7.03. The molecule has 0 radical (unpaired) electrons. The van der Waals surface area contributed by atoms with Gasteiger partial charge in [-0.15, -0.1) is 0 Å². The molecule has 6 nitrogen and oxygen atoms in total. The number of hydrogen-bond donors (Lipinski definition) is 2. The first kappa shape index (κ1) is 17.3. The highest BCUT2D eigenvalue weighted by Gasteiger charge is 2.13. The number of carbonyl (C=O) groups is 1. The quantitative estimate of drug-likeness (QED) is 0.339. The van der Waals surface area contributed by atoms with Crippen molar-refractivity contribution in [3.05, 3.63) is 28.0 Å². The molecule has 9 heteroatoms. The third-order valence-corrected chi connectivity index (χ3v) is 2.60. The van der Waals surface area contributed by atoms with E-state index in [4.69, 9.17) is 15.2 Å². The number of nitrogens with one attached hydrogen (secondary N) is 1. The van der Waals surface area contributed by atoms with Gasteiger partial charge in [0.1, 0.15) is 0 Å². The normalized spacial score (nSPS) is 10.4. The van der Waals surface area contributed by atoms with Crippen LogP contribution in [0.2, 0.25) is 0 Å². The van der Waals surface area contributed by atoms with Gasteiger partial charge < -0.3 is 15.2 Å². The summed E-state index contributed by atoms with van der Waals surface area (Å²) >= 11 is 7.74. The number of hydrogen-bond acceptors (Lipinski definition) is 5. The minimum absolute atomic E-state index is 0.0317. The minimum Gasteiger partial charge on any atom is -0.478 e. The van der Waals surface area contributed by atoms with Crippen LogP contribution in [0.5, 0.6) is 5.75 Å². The minimum atomic E-state index is -0.648. The van der Waals surface area contributed by atoms with Crippen LogP contribution in [0.25, 0.3) is 0 Å². The molecule has 0 saturated heterocycles. The van der Waals surface area contributed by atoms with Gasteiger partial charge in [-0.3, -0.25) is 5.43 Å². The number of carbonyl (C=O) groups excluding carboxylic acids is 1. The summed E-state index contributed by atoms with van der Waals surface area (Å²) in [5, 5.41) is 3.69. The zero-order valence-electron chi connectivity index (χ0n) is 11.1. The zero-order chi connectivity index (χ0) is 15.8. The highest BCUT2D eigenvalue weighted by molar-refractivity contribution is 9.10. The van der Waals surface area contributed by atoms with E-state index in [9.17, 15) is 9.18 Å². The Balaban J connectivity index is 2.92. The summed E-state index contributed by atoms with van der Waals surface area (Å²) in [4.78, 5) is 11.3. The number of ether oxygens (including phenoxy) is 2. The molecular formula is C12H13BrFN3O3S. The SMILES string of the molecule is CCOC(=O)COc1c(F)cc(Br)cc1C=NNC(N)=S. The number of esters is 1. The largest absolute Gasteiger partial charge is 0.478 e. The Hall–Kier alpha value is -1.74. The highest BCUT2D eigenvalue weighted by Crippen LogP contribution is 2.26. The Labute approximate surface area is 134 Å². The van der Waals surface area contributed by atoms with Crippen molar-refractivity contribution < 1.29 is 18.7 Å². The predicted molar refractivity (Wildman–Crippen MR) is 83.7 cm³/mol. The van der Waals surface area contributed by atoms with Gasteiger partial charge in [-0.25, -0.2) is 9.18 Å². The van der Waals surface area contributed by atoms with Gasteiger partial charge in [0.15, 0.2) is 23.3 Å². The van der Waals surface area contributed by atoms with Crippen LogP contribution in [0.4, 0.5) is 4.39 Å². The molecule has 0 spiro atoms. The molecule has 0 aromatic heterocycles. The van der Waals surface area contributed by atoms with Crippen molar-refractivity contribution in [2.75, 3.05) is 13.2 Å². The zero-order valence-corrected chi connectivity index (χ0v) is 13.5. The molecule has 0 aliphatic rings. The van der Waals surface area contributed by atoms with E-state index in [2.05, 4.69) is 38.7 Å². The van der Waals surface area contributed by atoms with E-state index in [1.54, 1.807) is 13.0 Å². The average molecular weight is 378 g/mol. The Bertz CT molecular complexity index is 569. The number of halogens is 2. The van der Waals surface area contributed by atoms with E-state index in [-0.39, 0.29) is 17.5 Å². The van der Waals surface area contributed by atoms with Gasteiger partial charge in [0.05, 0.1) is 12.8 Å². The van der Waals surface area contributed by atoms with Crippen molar-refractivity contribution in [1.82, 2.24) is 5.43 Å². The Morgan fingerprint density at radius 2 is 2.33 bits per heavy atom. The lowest BCUT2D eigenvalue weighted by atomic mass is 10.2. The second kappa shape index (κ2) is 8.53. The molecule has 0 unspecified atom stereocenters. The fraction of sp³-hybridized carbons (Fsp3) is 0.250. The van der Waals surface area contributed by atoms with Gasteiger partial charge in [-0.2, -0.15) is 5.10 Å². The van der Waals surface area contributed by atoms with Gasteiger partial charge >= 0.3 is 5.97 Å². The van der Waals surface area contributed by atoms with E-state index in [1.165, 1.54) is 12.3 Å². The second-order valence-corrected chi connectivity index (χ2v) is 4.99. The fourth-order valence-corrected chi connectivity index (χ4v) is 1.83. The third kappa shape index (κ3) is 6.05. The molecule has 0 heterocycles. The van der Waals surface area contributed by atoms with E-state index >= 15 is 0 Å². The predicted octanol–water partition coefficient (Wildman–Crippen LogP) is 1.70. The topological polar surface area (TPSA) is 85.9 Å². The monoisotopic (exact) mass is 377 g/mol.